The maximum absolute atomic E-state index is 13.2. The van der Waals surface area contributed by atoms with Gasteiger partial charge in [0.05, 0.1) is 11.3 Å². The van der Waals surface area contributed by atoms with E-state index in [0.29, 0.717) is 36.2 Å². The van der Waals surface area contributed by atoms with Crippen molar-refractivity contribution in [1.82, 2.24) is 20.1 Å². The van der Waals surface area contributed by atoms with Crippen LogP contribution in [0.5, 0.6) is 5.75 Å². The molecule has 1 amide bonds. The number of hydrogen-bond acceptors (Lipinski definition) is 4. The molecular weight excluding hydrogens is 483 g/mol. The molecule has 0 aliphatic heterocycles. The smallest absolute Gasteiger partial charge is 0.389 e. The van der Waals surface area contributed by atoms with Gasteiger partial charge in [0.25, 0.3) is 5.91 Å². The monoisotopic (exact) mass is 516 g/mol. The number of rotatable bonds is 10. The van der Waals surface area contributed by atoms with Crippen LogP contribution in [0.2, 0.25) is 0 Å². The lowest BCUT2D eigenvalue weighted by Gasteiger charge is -2.26. The third-order valence-corrected chi connectivity index (χ3v) is 6.68. The highest BCUT2D eigenvalue weighted by Crippen LogP contribution is 2.35. The highest BCUT2D eigenvalue weighted by atomic mass is 19.4. The van der Waals surface area contributed by atoms with Crippen molar-refractivity contribution in [3.05, 3.63) is 29.2 Å². The van der Waals surface area contributed by atoms with Crippen LogP contribution >= 0.6 is 0 Å². The number of halogens is 5. The van der Waals surface area contributed by atoms with Crippen molar-refractivity contribution in [1.29, 1.82) is 0 Å². The number of amides is 1. The molecular formula is C25H33F5N4O2. The highest BCUT2D eigenvalue weighted by Gasteiger charge is 2.27. The lowest BCUT2D eigenvalue weighted by molar-refractivity contribution is -0.135. The zero-order valence-electron chi connectivity index (χ0n) is 20.8. The first kappa shape index (κ1) is 27.9. The van der Waals surface area contributed by atoms with Crippen molar-refractivity contribution < 1.29 is 31.5 Å². The second kappa shape index (κ2) is 12.0. The number of carbonyl (C=O) groups is 1. The highest BCUT2D eigenvalue weighted by molar-refractivity contribution is 5.95. The van der Waals surface area contributed by atoms with E-state index in [-0.39, 0.29) is 41.4 Å². The summed E-state index contributed by atoms with van der Waals surface area (Å²) >= 11 is 0. The molecule has 1 fully saturated rings. The van der Waals surface area contributed by atoms with E-state index < -0.39 is 19.2 Å². The molecule has 2 aromatic rings. The number of hydrogen-bond donors (Lipinski definition) is 1. The van der Waals surface area contributed by atoms with Crippen LogP contribution < -0.4 is 10.1 Å². The van der Waals surface area contributed by atoms with Gasteiger partial charge in [-0.1, -0.05) is 19.8 Å². The summed E-state index contributed by atoms with van der Waals surface area (Å²) in [6.45, 7) is 3.46. The number of nitrogens with zero attached hydrogens (tertiary/aromatic N) is 3. The number of nitrogens with one attached hydrogen (secondary N) is 1. The normalized spacial score (nSPS) is 18.5. The first-order valence-electron chi connectivity index (χ1n) is 12.3. The largest absolute Gasteiger partial charge is 0.434 e. The van der Waals surface area contributed by atoms with E-state index in [0.717, 1.165) is 25.7 Å². The minimum atomic E-state index is -4.31. The van der Waals surface area contributed by atoms with Crippen LogP contribution in [0, 0.1) is 18.8 Å². The van der Waals surface area contributed by atoms with Gasteiger partial charge in [0, 0.05) is 43.0 Å². The molecule has 1 N–H and O–H groups in total. The SMILES string of the molecule is CCn1nc(C(=O)NCC2CCC(C)CC2)c(C)c1-c1cnc(CCCC(F)(F)F)cc1OC(F)F. The molecule has 0 atom stereocenters. The van der Waals surface area contributed by atoms with Gasteiger partial charge in [-0.05, 0) is 51.4 Å². The third-order valence-electron chi connectivity index (χ3n) is 6.68. The van der Waals surface area contributed by atoms with Crippen molar-refractivity contribution in [2.75, 3.05) is 6.54 Å². The first-order valence-corrected chi connectivity index (χ1v) is 12.3. The molecule has 0 saturated heterocycles. The van der Waals surface area contributed by atoms with E-state index in [1.807, 2.05) is 0 Å². The fourth-order valence-corrected chi connectivity index (χ4v) is 4.65. The molecule has 11 heteroatoms. The van der Waals surface area contributed by atoms with Crippen molar-refractivity contribution in [2.45, 2.75) is 85.0 Å². The maximum atomic E-state index is 13.2. The van der Waals surface area contributed by atoms with E-state index in [1.165, 1.54) is 16.9 Å². The number of alkyl halides is 5. The van der Waals surface area contributed by atoms with Gasteiger partial charge < -0.3 is 10.1 Å². The fourth-order valence-electron chi connectivity index (χ4n) is 4.65. The molecule has 2 heterocycles. The number of pyridine rings is 1. The van der Waals surface area contributed by atoms with Crippen LogP contribution in [-0.4, -0.2) is 40.0 Å². The van der Waals surface area contributed by atoms with Crippen LogP contribution in [0.3, 0.4) is 0 Å². The molecule has 0 unspecified atom stereocenters. The second-order valence-corrected chi connectivity index (χ2v) is 9.49. The van der Waals surface area contributed by atoms with Gasteiger partial charge in [0.1, 0.15) is 5.75 Å². The topological polar surface area (TPSA) is 69.0 Å². The average Bonchev–Trinajstić information content (AvgIpc) is 3.13. The molecule has 0 radical (unpaired) electrons. The third kappa shape index (κ3) is 7.39. The lowest BCUT2D eigenvalue weighted by atomic mass is 9.83. The van der Waals surface area contributed by atoms with E-state index in [9.17, 15) is 26.7 Å². The van der Waals surface area contributed by atoms with Crippen LogP contribution in [0.15, 0.2) is 12.3 Å². The van der Waals surface area contributed by atoms with E-state index >= 15 is 0 Å². The summed E-state index contributed by atoms with van der Waals surface area (Å²) in [6, 6.07) is 1.23. The molecule has 0 spiro atoms. The molecule has 1 saturated carbocycles. The summed E-state index contributed by atoms with van der Waals surface area (Å²) in [4.78, 5) is 17.1. The Kier molecular flexibility index (Phi) is 9.30. The molecule has 2 aromatic heterocycles. The molecule has 6 nitrogen and oxygen atoms in total. The predicted octanol–water partition coefficient (Wildman–Crippen LogP) is 6.32. The zero-order chi connectivity index (χ0) is 26.5. The predicted molar refractivity (Wildman–Crippen MR) is 125 cm³/mol. The maximum Gasteiger partial charge on any atom is 0.389 e. The fraction of sp³-hybridized carbons (Fsp3) is 0.640. The van der Waals surface area contributed by atoms with Crippen LogP contribution in [-0.2, 0) is 13.0 Å². The number of ether oxygens (including phenoxy) is 1. The molecule has 0 bridgehead atoms. The minimum Gasteiger partial charge on any atom is -0.434 e. The Balaban J connectivity index is 1.84. The van der Waals surface area contributed by atoms with E-state index in [2.05, 4.69) is 22.3 Å². The number of aryl methyl sites for hydroxylation is 2. The summed E-state index contributed by atoms with van der Waals surface area (Å²) in [5.41, 5.74) is 1.48. The number of carbonyl (C=O) groups excluding carboxylic acids is 1. The van der Waals surface area contributed by atoms with Gasteiger partial charge in [-0.25, -0.2) is 0 Å². The summed E-state index contributed by atoms with van der Waals surface area (Å²) in [7, 11) is 0. The molecule has 3 rings (SSSR count). The molecule has 0 aromatic carbocycles. The van der Waals surface area contributed by atoms with Gasteiger partial charge in [-0.2, -0.15) is 27.1 Å². The molecule has 36 heavy (non-hydrogen) atoms. The van der Waals surface area contributed by atoms with Crippen molar-refractivity contribution in [2.24, 2.45) is 11.8 Å². The van der Waals surface area contributed by atoms with E-state index in [1.54, 1.807) is 13.8 Å². The van der Waals surface area contributed by atoms with Gasteiger partial charge >= 0.3 is 12.8 Å². The number of aromatic nitrogens is 3. The summed E-state index contributed by atoms with van der Waals surface area (Å²) in [5, 5.41) is 7.37. The quantitative estimate of drug-likeness (QED) is 0.376. The van der Waals surface area contributed by atoms with Gasteiger partial charge in [0.15, 0.2) is 5.69 Å². The van der Waals surface area contributed by atoms with Gasteiger partial charge in [-0.15, -0.1) is 0 Å². The van der Waals surface area contributed by atoms with Crippen LogP contribution in [0.4, 0.5) is 22.0 Å². The minimum absolute atomic E-state index is 0.0426. The second-order valence-electron chi connectivity index (χ2n) is 9.49. The first-order chi connectivity index (χ1) is 17.0. The zero-order valence-corrected chi connectivity index (χ0v) is 20.8. The van der Waals surface area contributed by atoms with Crippen LogP contribution in [0.1, 0.15) is 74.1 Å². The Labute approximate surface area is 207 Å². The lowest BCUT2D eigenvalue weighted by Crippen LogP contribution is -2.31. The van der Waals surface area contributed by atoms with E-state index in [4.69, 9.17) is 4.74 Å². The Morgan fingerprint density at radius 2 is 1.94 bits per heavy atom. The van der Waals surface area contributed by atoms with Gasteiger partial charge in [-0.3, -0.25) is 14.5 Å². The molecule has 1 aliphatic rings. The Bertz CT molecular complexity index is 1030. The molecule has 1 aliphatic carbocycles. The van der Waals surface area contributed by atoms with Crippen LogP contribution in [0.25, 0.3) is 11.3 Å². The Morgan fingerprint density at radius 3 is 2.56 bits per heavy atom. The Morgan fingerprint density at radius 1 is 1.25 bits per heavy atom. The molecule has 200 valence electrons. The van der Waals surface area contributed by atoms with Crippen molar-refractivity contribution >= 4 is 5.91 Å². The summed E-state index contributed by atoms with van der Waals surface area (Å²) < 4.78 is 70.1. The summed E-state index contributed by atoms with van der Waals surface area (Å²) in [5.74, 6) is 0.560. The average molecular weight is 517 g/mol. The Hall–Kier alpha value is -2.72. The van der Waals surface area contributed by atoms with Crippen molar-refractivity contribution in [3.63, 3.8) is 0 Å². The summed E-state index contributed by atoms with van der Waals surface area (Å²) in [6.07, 6.45) is 0.122. The van der Waals surface area contributed by atoms with Crippen molar-refractivity contribution in [3.8, 4) is 17.0 Å². The standard InChI is InChI=1S/C25H33F5N4O2/c1-4-34-22(16(3)21(33-34)23(35)32-13-17-9-7-15(2)8-10-17)19-14-31-18(6-5-11-25(28,29)30)12-20(19)36-24(26)27/h12,14-15,17,24H,4-11,13H2,1-3H3,(H,32,35). The van der Waals surface area contributed by atoms with Gasteiger partial charge in [0.2, 0.25) is 0 Å².